The van der Waals surface area contributed by atoms with E-state index in [4.69, 9.17) is 16.7 Å². The molecule has 1 aromatic carbocycles. The summed E-state index contributed by atoms with van der Waals surface area (Å²) in [6.07, 6.45) is 1.98. The van der Waals surface area contributed by atoms with Gasteiger partial charge in [0, 0.05) is 23.8 Å². The number of anilines is 1. The Kier molecular flexibility index (Phi) is 4.49. The first kappa shape index (κ1) is 14.7. The third-order valence-electron chi connectivity index (χ3n) is 3.47. The number of carboxylic acids is 1. The van der Waals surface area contributed by atoms with Gasteiger partial charge in [-0.05, 0) is 37.0 Å². The molecule has 1 aromatic rings. The topological polar surface area (TPSA) is 69.6 Å². The number of likely N-dealkylation sites (tertiary alicyclic amines) is 1. The average molecular weight is 297 g/mol. The molecule has 0 radical (unpaired) electrons. The number of hydrogen-bond acceptors (Lipinski definition) is 2. The van der Waals surface area contributed by atoms with Gasteiger partial charge in [-0.1, -0.05) is 18.5 Å². The predicted octanol–water partition coefficient (Wildman–Crippen LogP) is 3.30. The molecule has 0 aliphatic carbocycles. The summed E-state index contributed by atoms with van der Waals surface area (Å²) < 4.78 is 0. The van der Waals surface area contributed by atoms with Crippen molar-refractivity contribution in [3.05, 3.63) is 28.8 Å². The molecule has 2 rings (SSSR count). The highest BCUT2D eigenvalue weighted by Gasteiger charge is 2.20. The molecule has 1 heterocycles. The fourth-order valence-corrected chi connectivity index (χ4v) is 2.43. The van der Waals surface area contributed by atoms with Crippen LogP contribution in [0.5, 0.6) is 0 Å². The van der Waals surface area contributed by atoms with Crippen LogP contribution in [0.3, 0.4) is 0 Å². The average Bonchev–Trinajstić information content (AvgIpc) is 2.38. The van der Waals surface area contributed by atoms with Crippen molar-refractivity contribution < 1.29 is 14.7 Å². The van der Waals surface area contributed by atoms with Crippen molar-refractivity contribution >= 4 is 29.3 Å². The molecule has 2 amide bonds. The van der Waals surface area contributed by atoms with Crippen LogP contribution in [0.15, 0.2) is 18.2 Å². The summed E-state index contributed by atoms with van der Waals surface area (Å²) in [7, 11) is 0. The monoisotopic (exact) mass is 296 g/mol. The molecule has 0 bridgehead atoms. The first-order valence-electron chi connectivity index (χ1n) is 6.55. The number of carbonyl (C=O) groups excluding carboxylic acids is 1. The van der Waals surface area contributed by atoms with E-state index in [0.29, 0.717) is 11.6 Å². The van der Waals surface area contributed by atoms with Crippen LogP contribution in [0.2, 0.25) is 5.02 Å². The number of aromatic carboxylic acids is 1. The first-order valence-corrected chi connectivity index (χ1v) is 6.93. The quantitative estimate of drug-likeness (QED) is 0.879. The Morgan fingerprint density at radius 1 is 1.30 bits per heavy atom. The van der Waals surface area contributed by atoms with Gasteiger partial charge in [-0.2, -0.15) is 0 Å². The molecule has 1 aliphatic rings. The molecular weight excluding hydrogens is 280 g/mol. The van der Waals surface area contributed by atoms with Gasteiger partial charge in [0.1, 0.15) is 0 Å². The molecule has 2 N–H and O–H groups in total. The number of benzene rings is 1. The number of urea groups is 1. The molecule has 0 aromatic heterocycles. The maximum absolute atomic E-state index is 12.1. The molecule has 0 spiro atoms. The lowest BCUT2D eigenvalue weighted by Crippen LogP contribution is -2.40. The smallest absolute Gasteiger partial charge is 0.335 e. The maximum Gasteiger partial charge on any atom is 0.335 e. The van der Waals surface area contributed by atoms with E-state index in [1.807, 2.05) is 0 Å². The largest absolute Gasteiger partial charge is 0.478 e. The second-order valence-electron chi connectivity index (χ2n) is 5.13. The summed E-state index contributed by atoms with van der Waals surface area (Å²) >= 11 is 5.85. The van der Waals surface area contributed by atoms with Gasteiger partial charge in [0.25, 0.3) is 0 Å². The second kappa shape index (κ2) is 6.13. The number of rotatable bonds is 2. The summed E-state index contributed by atoms with van der Waals surface area (Å²) in [4.78, 5) is 24.8. The van der Waals surface area contributed by atoms with Crippen molar-refractivity contribution in [1.82, 2.24) is 4.90 Å². The molecule has 0 unspecified atom stereocenters. The summed E-state index contributed by atoms with van der Waals surface area (Å²) in [5, 5.41) is 12.0. The number of piperidine rings is 1. The molecule has 5 nitrogen and oxygen atoms in total. The van der Waals surface area contributed by atoms with Crippen LogP contribution in [0.25, 0.3) is 0 Å². The van der Waals surface area contributed by atoms with E-state index >= 15 is 0 Å². The maximum atomic E-state index is 12.1. The number of amides is 2. The van der Waals surface area contributed by atoms with Crippen molar-refractivity contribution in [2.24, 2.45) is 5.92 Å². The third kappa shape index (κ3) is 3.63. The fraction of sp³-hybridized carbons (Fsp3) is 0.429. The van der Waals surface area contributed by atoms with Crippen LogP contribution in [0.1, 0.15) is 30.1 Å². The Balaban J connectivity index is 2.06. The number of halogens is 1. The molecule has 1 aliphatic heterocycles. The van der Waals surface area contributed by atoms with Gasteiger partial charge >= 0.3 is 12.0 Å². The summed E-state index contributed by atoms with van der Waals surface area (Å²) in [6.45, 7) is 3.62. The van der Waals surface area contributed by atoms with Crippen LogP contribution >= 0.6 is 11.6 Å². The normalized spacial score (nSPS) is 16.0. The Bertz CT molecular complexity index is 525. The first-order chi connectivity index (χ1) is 9.45. The molecule has 108 valence electrons. The molecule has 1 saturated heterocycles. The van der Waals surface area contributed by atoms with Crippen molar-refractivity contribution in [2.75, 3.05) is 18.4 Å². The highest BCUT2D eigenvalue weighted by atomic mass is 35.5. The SMILES string of the molecule is CC1CCN(C(=O)Nc2cc(Cl)cc(C(=O)O)c2)CC1. The molecular formula is C14H17ClN2O3. The number of nitrogens with one attached hydrogen (secondary N) is 1. The molecule has 1 fully saturated rings. The van der Waals surface area contributed by atoms with Crippen molar-refractivity contribution in [2.45, 2.75) is 19.8 Å². The molecule has 20 heavy (non-hydrogen) atoms. The zero-order valence-electron chi connectivity index (χ0n) is 11.2. The molecule has 0 atom stereocenters. The minimum absolute atomic E-state index is 0.0556. The zero-order chi connectivity index (χ0) is 14.7. The number of nitrogens with zero attached hydrogens (tertiary/aromatic N) is 1. The van der Waals surface area contributed by atoms with E-state index in [-0.39, 0.29) is 16.6 Å². The number of hydrogen-bond donors (Lipinski definition) is 2. The van der Waals surface area contributed by atoms with E-state index in [0.717, 1.165) is 25.9 Å². The lowest BCUT2D eigenvalue weighted by Gasteiger charge is -2.30. The summed E-state index contributed by atoms with van der Waals surface area (Å²) in [6, 6.07) is 4.08. The van der Waals surface area contributed by atoms with Gasteiger partial charge in [0.2, 0.25) is 0 Å². The van der Waals surface area contributed by atoms with Crippen molar-refractivity contribution in [1.29, 1.82) is 0 Å². The Labute approximate surface area is 122 Å². The zero-order valence-corrected chi connectivity index (χ0v) is 12.0. The molecule has 0 saturated carbocycles. The van der Waals surface area contributed by atoms with E-state index in [2.05, 4.69) is 12.2 Å². The van der Waals surface area contributed by atoms with Gasteiger partial charge in [-0.15, -0.1) is 0 Å². The highest BCUT2D eigenvalue weighted by Crippen LogP contribution is 2.21. The standard InChI is InChI=1S/C14H17ClN2O3/c1-9-2-4-17(5-3-9)14(20)16-12-7-10(13(18)19)6-11(15)8-12/h6-9H,2-5H2,1H3,(H,16,20)(H,18,19). The minimum atomic E-state index is -1.07. The van der Waals surface area contributed by atoms with Gasteiger partial charge in [-0.3, -0.25) is 0 Å². The van der Waals surface area contributed by atoms with E-state index in [1.54, 1.807) is 11.0 Å². The Morgan fingerprint density at radius 2 is 1.95 bits per heavy atom. The van der Waals surface area contributed by atoms with Gasteiger partial charge < -0.3 is 15.3 Å². The summed E-state index contributed by atoms with van der Waals surface area (Å²) in [5.41, 5.74) is 0.457. The lowest BCUT2D eigenvalue weighted by atomic mass is 10.00. The van der Waals surface area contributed by atoms with Crippen LogP contribution in [0.4, 0.5) is 10.5 Å². The predicted molar refractivity (Wildman–Crippen MR) is 77.4 cm³/mol. The second-order valence-corrected chi connectivity index (χ2v) is 5.57. The van der Waals surface area contributed by atoms with E-state index in [1.165, 1.54) is 12.1 Å². The number of carbonyl (C=O) groups is 2. The van der Waals surface area contributed by atoms with Crippen LogP contribution in [-0.4, -0.2) is 35.1 Å². The van der Waals surface area contributed by atoms with Gasteiger partial charge in [0.05, 0.1) is 5.56 Å². The minimum Gasteiger partial charge on any atom is -0.478 e. The summed E-state index contributed by atoms with van der Waals surface area (Å²) in [5.74, 6) is -0.432. The van der Waals surface area contributed by atoms with Crippen LogP contribution < -0.4 is 5.32 Å². The highest BCUT2D eigenvalue weighted by molar-refractivity contribution is 6.31. The van der Waals surface area contributed by atoms with Crippen LogP contribution in [0, 0.1) is 5.92 Å². The van der Waals surface area contributed by atoms with E-state index in [9.17, 15) is 9.59 Å². The van der Waals surface area contributed by atoms with E-state index < -0.39 is 5.97 Å². The molecule has 6 heteroatoms. The van der Waals surface area contributed by atoms with Crippen LogP contribution in [-0.2, 0) is 0 Å². The third-order valence-corrected chi connectivity index (χ3v) is 3.69. The van der Waals surface area contributed by atoms with Crippen molar-refractivity contribution in [3.8, 4) is 0 Å². The Morgan fingerprint density at radius 3 is 2.55 bits per heavy atom. The van der Waals surface area contributed by atoms with Gasteiger partial charge in [0.15, 0.2) is 0 Å². The lowest BCUT2D eigenvalue weighted by molar-refractivity contribution is 0.0697. The fourth-order valence-electron chi connectivity index (χ4n) is 2.20. The van der Waals surface area contributed by atoms with Crippen molar-refractivity contribution in [3.63, 3.8) is 0 Å². The Hall–Kier alpha value is -1.75. The van der Waals surface area contributed by atoms with Gasteiger partial charge in [-0.25, -0.2) is 9.59 Å². The number of carboxylic acid groups (broad SMARTS) is 1.